The number of nitrogens with one attached hydrogen (secondary N) is 1. The molecular formula is C14H17ClN4O. The van der Waals surface area contributed by atoms with Crippen LogP contribution >= 0.6 is 11.6 Å². The summed E-state index contributed by atoms with van der Waals surface area (Å²) in [5.41, 5.74) is 1.92. The van der Waals surface area contributed by atoms with E-state index in [1.807, 2.05) is 6.07 Å². The molecule has 1 amide bonds. The van der Waals surface area contributed by atoms with Gasteiger partial charge in [0.2, 0.25) is 5.91 Å². The molecule has 0 aliphatic heterocycles. The van der Waals surface area contributed by atoms with Crippen LogP contribution in [0.3, 0.4) is 0 Å². The number of hydrogen-bond acceptors (Lipinski definition) is 3. The van der Waals surface area contributed by atoms with Crippen LogP contribution in [-0.4, -0.2) is 32.9 Å². The van der Waals surface area contributed by atoms with Crippen LogP contribution in [-0.2, 0) is 17.8 Å². The van der Waals surface area contributed by atoms with E-state index in [1.165, 1.54) is 0 Å². The van der Waals surface area contributed by atoms with Gasteiger partial charge >= 0.3 is 0 Å². The van der Waals surface area contributed by atoms with E-state index < -0.39 is 0 Å². The first-order chi connectivity index (χ1) is 9.79. The number of imidazole rings is 1. The molecule has 3 rings (SSSR count). The number of amides is 1. The molecule has 2 heterocycles. The van der Waals surface area contributed by atoms with Crippen LogP contribution in [0.4, 0.5) is 0 Å². The Morgan fingerprint density at radius 2 is 2.35 bits per heavy atom. The number of aryl methyl sites for hydroxylation is 1. The molecule has 5 nitrogen and oxygen atoms in total. The largest absolute Gasteiger partial charge is 0.354 e. The fourth-order valence-corrected chi connectivity index (χ4v) is 2.51. The molecule has 2 aromatic heterocycles. The standard InChI is InChI=1S/C14H17ClN4O/c15-5-3-13-18-11-9-16-6-4-12(11)19(13)8-7-17-14(20)10-1-2-10/h4,6,9-10H,1-3,5,7-8H2,(H,17,20). The van der Waals surface area contributed by atoms with Gasteiger partial charge < -0.3 is 9.88 Å². The lowest BCUT2D eigenvalue weighted by Gasteiger charge is -2.09. The van der Waals surface area contributed by atoms with Crippen molar-refractivity contribution in [3.8, 4) is 0 Å². The van der Waals surface area contributed by atoms with Gasteiger partial charge in [-0.25, -0.2) is 4.98 Å². The summed E-state index contributed by atoms with van der Waals surface area (Å²) in [5, 5.41) is 2.98. The monoisotopic (exact) mass is 292 g/mol. The fraction of sp³-hybridized carbons (Fsp3) is 0.500. The van der Waals surface area contributed by atoms with Crippen LogP contribution in [0.1, 0.15) is 18.7 Å². The lowest BCUT2D eigenvalue weighted by Crippen LogP contribution is -2.28. The molecule has 106 valence electrons. The minimum atomic E-state index is 0.176. The minimum absolute atomic E-state index is 0.176. The van der Waals surface area contributed by atoms with Gasteiger partial charge in [-0.1, -0.05) is 0 Å². The number of rotatable bonds is 6. The third kappa shape index (κ3) is 2.77. The summed E-state index contributed by atoms with van der Waals surface area (Å²) >= 11 is 5.83. The summed E-state index contributed by atoms with van der Waals surface area (Å²) in [6.45, 7) is 1.34. The summed E-state index contributed by atoms with van der Waals surface area (Å²) in [4.78, 5) is 20.3. The third-order valence-electron chi connectivity index (χ3n) is 3.53. The quantitative estimate of drug-likeness (QED) is 0.825. The van der Waals surface area contributed by atoms with Gasteiger partial charge in [-0.3, -0.25) is 9.78 Å². The Kier molecular flexibility index (Phi) is 3.87. The van der Waals surface area contributed by atoms with Crippen molar-refractivity contribution in [2.45, 2.75) is 25.8 Å². The molecule has 0 bridgehead atoms. The summed E-state index contributed by atoms with van der Waals surface area (Å²) in [6, 6.07) is 1.95. The zero-order chi connectivity index (χ0) is 13.9. The van der Waals surface area contributed by atoms with Crippen LogP contribution in [0, 0.1) is 5.92 Å². The lowest BCUT2D eigenvalue weighted by molar-refractivity contribution is -0.122. The zero-order valence-electron chi connectivity index (χ0n) is 11.2. The van der Waals surface area contributed by atoms with Crippen molar-refractivity contribution >= 4 is 28.5 Å². The molecule has 0 spiro atoms. The van der Waals surface area contributed by atoms with E-state index in [1.54, 1.807) is 12.4 Å². The molecule has 1 N–H and O–H groups in total. The average Bonchev–Trinajstić information content (AvgIpc) is 3.24. The number of aromatic nitrogens is 3. The molecule has 20 heavy (non-hydrogen) atoms. The molecular weight excluding hydrogens is 276 g/mol. The molecule has 1 fully saturated rings. The maximum atomic E-state index is 11.6. The van der Waals surface area contributed by atoms with Crippen molar-refractivity contribution in [2.24, 2.45) is 5.92 Å². The minimum Gasteiger partial charge on any atom is -0.354 e. The Balaban J connectivity index is 1.74. The summed E-state index contributed by atoms with van der Waals surface area (Å²) in [5.74, 6) is 1.91. The number of nitrogens with zero attached hydrogens (tertiary/aromatic N) is 3. The molecule has 0 atom stereocenters. The second kappa shape index (κ2) is 5.79. The maximum absolute atomic E-state index is 11.6. The predicted octanol–water partition coefficient (Wildman–Crippen LogP) is 1.74. The van der Waals surface area contributed by atoms with E-state index in [9.17, 15) is 4.79 Å². The highest BCUT2D eigenvalue weighted by molar-refractivity contribution is 6.17. The molecule has 0 radical (unpaired) electrons. The normalized spacial score (nSPS) is 14.7. The maximum Gasteiger partial charge on any atom is 0.223 e. The third-order valence-corrected chi connectivity index (χ3v) is 3.72. The number of halogens is 1. The van der Waals surface area contributed by atoms with Crippen LogP contribution in [0.25, 0.3) is 11.0 Å². The Bertz CT molecular complexity index is 621. The number of carbonyl (C=O) groups excluding carboxylic acids is 1. The van der Waals surface area contributed by atoms with Gasteiger partial charge in [-0.2, -0.15) is 0 Å². The molecule has 2 aromatic rings. The van der Waals surface area contributed by atoms with Gasteiger partial charge in [0.15, 0.2) is 0 Å². The molecule has 0 aromatic carbocycles. The topological polar surface area (TPSA) is 59.8 Å². The second-order valence-electron chi connectivity index (χ2n) is 5.05. The van der Waals surface area contributed by atoms with Crippen LogP contribution in [0.2, 0.25) is 0 Å². The van der Waals surface area contributed by atoms with Gasteiger partial charge in [0.1, 0.15) is 11.3 Å². The van der Waals surface area contributed by atoms with E-state index in [0.717, 1.165) is 29.7 Å². The van der Waals surface area contributed by atoms with Gasteiger partial charge in [-0.05, 0) is 18.9 Å². The first-order valence-electron chi connectivity index (χ1n) is 6.92. The number of alkyl halides is 1. The molecule has 6 heteroatoms. The first kappa shape index (κ1) is 13.4. The second-order valence-corrected chi connectivity index (χ2v) is 5.43. The first-order valence-corrected chi connectivity index (χ1v) is 7.46. The lowest BCUT2D eigenvalue weighted by atomic mass is 10.3. The van der Waals surface area contributed by atoms with Crippen LogP contribution < -0.4 is 5.32 Å². The highest BCUT2D eigenvalue weighted by Gasteiger charge is 2.29. The average molecular weight is 293 g/mol. The van der Waals surface area contributed by atoms with E-state index in [4.69, 9.17) is 11.6 Å². The van der Waals surface area contributed by atoms with Crippen molar-refractivity contribution in [1.29, 1.82) is 0 Å². The smallest absolute Gasteiger partial charge is 0.223 e. The Hall–Kier alpha value is -1.62. The summed E-state index contributed by atoms with van der Waals surface area (Å²) in [7, 11) is 0. The molecule has 1 aliphatic carbocycles. The van der Waals surface area contributed by atoms with Gasteiger partial charge in [0, 0.05) is 37.5 Å². The predicted molar refractivity (Wildman–Crippen MR) is 77.7 cm³/mol. The van der Waals surface area contributed by atoms with Crippen molar-refractivity contribution < 1.29 is 4.79 Å². The number of fused-ring (bicyclic) bond motifs is 1. The van der Waals surface area contributed by atoms with Gasteiger partial charge in [0.25, 0.3) is 0 Å². The van der Waals surface area contributed by atoms with E-state index >= 15 is 0 Å². The van der Waals surface area contributed by atoms with Crippen LogP contribution in [0.15, 0.2) is 18.5 Å². The van der Waals surface area contributed by atoms with E-state index in [0.29, 0.717) is 25.4 Å². The van der Waals surface area contributed by atoms with E-state index in [2.05, 4.69) is 19.9 Å². The van der Waals surface area contributed by atoms with Crippen molar-refractivity contribution in [3.63, 3.8) is 0 Å². The Morgan fingerprint density at radius 1 is 1.50 bits per heavy atom. The van der Waals surface area contributed by atoms with Crippen molar-refractivity contribution in [2.75, 3.05) is 12.4 Å². The van der Waals surface area contributed by atoms with Crippen LogP contribution in [0.5, 0.6) is 0 Å². The molecule has 1 aliphatic rings. The Morgan fingerprint density at radius 3 is 3.10 bits per heavy atom. The highest BCUT2D eigenvalue weighted by Crippen LogP contribution is 2.28. The Labute approximate surface area is 122 Å². The van der Waals surface area contributed by atoms with Crippen molar-refractivity contribution in [1.82, 2.24) is 19.9 Å². The molecule has 0 saturated heterocycles. The van der Waals surface area contributed by atoms with E-state index in [-0.39, 0.29) is 11.8 Å². The zero-order valence-corrected chi connectivity index (χ0v) is 11.9. The molecule has 1 saturated carbocycles. The van der Waals surface area contributed by atoms with Gasteiger partial charge in [-0.15, -0.1) is 11.6 Å². The van der Waals surface area contributed by atoms with Crippen molar-refractivity contribution in [3.05, 3.63) is 24.3 Å². The fourth-order valence-electron chi connectivity index (χ4n) is 2.34. The number of pyridine rings is 1. The summed E-state index contributed by atoms with van der Waals surface area (Å²) in [6.07, 6.45) is 6.29. The summed E-state index contributed by atoms with van der Waals surface area (Å²) < 4.78 is 2.12. The van der Waals surface area contributed by atoms with Gasteiger partial charge in [0.05, 0.1) is 11.7 Å². The number of carbonyl (C=O) groups is 1. The molecule has 0 unspecified atom stereocenters. The number of hydrogen-bond donors (Lipinski definition) is 1. The highest BCUT2D eigenvalue weighted by atomic mass is 35.5. The SMILES string of the molecule is O=C(NCCn1c(CCCl)nc2cnccc21)C1CC1.